The van der Waals surface area contributed by atoms with Crippen molar-refractivity contribution in [1.82, 2.24) is 10.2 Å². The van der Waals surface area contributed by atoms with Gasteiger partial charge in [-0.3, -0.25) is 4.79 Å². The number of carbonyl (C=O) groups excluding carboxylic acids is 1. The summed E-state index contributed by atoms with van der Waals surface area (Å²) in [6, 6.07) is 0.0693. The van der Waals surface area contributed by atoms with Gasteiger partial charge in [-0.1, -0.05) is 0 Å². The van der Waals surface area contributed by atoms with Crippen molar-refractivity contribution in [3.63, 3.8) is 0 Å². The van der Waals surface area contributed by atoms with Crippen molar-refractivity contribution < 1.29 is 9.90 Å². The van der Waals surface area contributed by atoms with E-state index in [-0.39, 0.29) is 18.6 Å². The molecule has 4 nitrogen and oxygen atoms in total. The van der Waals surface area contributed by atoms with Crippen LogP contribution in [0.15, 0.2) is 0 Å². The quantitative estimate of drug-likeness (QED) is 0.796. The predicted molar refractivity (Wildman–Crippen MR) is 74.8 cm³/mol. The maximum Gasteiger partial charge on any atom is 0.232 e. The Bertz CT molecular complexity index is 270. The van der Waals surface area contributed by atoms with Gasteiger partial charge in [0.25, 0.3) is 0 Å². The van der Waals surface area contributed by atoms with Gasteiger partial charge in [-0.25, -0.2) is 0 Å². The van der Waals surface area contributed by atoms with Gasteiger partial charge >= 0.3 is 0 Å². The van der Waals surface area contributed by atoms with E-state index in [9.17, 15) is 9.90 Å². The summed E-state index contributed by atoms with van der Waals surface area (Å²) in [4.78, 5) is 14.1. The Hall–Kier alpha value is -0.260. The fourth-order valence-corrected chi connectivity index (χ4v) is 3.87. The van der Waals surface area contributed by atoms with Gasteiger partial charge in [-0.15, -0.1) is 11.8 Å². The maximum absolute atomic E-state index is 12.2. The summed E-state index contributed by atoms with van der Waals surface area (Å²) in [5.74, 6) is 0.804. The Morgan fingerprint density at radius 2 is 2.06 bits per heavy atom. The zero-order valence-corrected chi connectivity index (χ0v) is 11.8. The van der Waals surface area contributed by atoms with Crippen molar-refractivity contribution in [1.29, 1.82) is 0 Å². The third-order valence-corrected chi connectivity index (χ3v) is 5.24. The molecule has 0 spiro atoms. The molecule has 0 aromatic heterocycles. The summed E-state index contributed by atoms with van der Waals surface area (Å²) in [5.41, 5.74) is 0. The van der Waals surface area contributed by atoms with E-state index in [1.54, 1.807) is 11.8 Å². The van der Waals surface area contributed by atoms with Crippen molar-refractivity contribution >= 4 is 17.7 Å². The molecule has 1 unspecified atom stereocenters. The average molecular weight is 272 g/mol. The van der Waals surface area contributed by atoms with Crippen LogP contribution in [0.4, 0.5) is 0 Å². The number of carbonyl (C=O) groups is 1. The molecule has 5 heteroatoms. The number of nitrogens with one attached hydrogen (secondary N) is 1. The first-order valence-electron chi connectivity index (χ1n) is 7.04. The van der Waals surface area contributed by atoms with Gasteiger partial charge in [0.15, 0.2) is 0 Å². The van der Waals surface area contributed by atoms with Crippen LogP contribution < -0.4 is 5.32 Å². The number of hydrogen-bond donors (Lipinski definition) is 2. The van der Waals surface area contributed by atoms with E-state index in [0.717, 1.165) is 38.9 Å². The van der Waals surface area contributed by atoms with Gasteiger partial charge in [0.2, 0.25) is 5.91 Å². The SMILES string of the molecule is O=C(CSC1CCNCC1)N1CCCCC1CO. The molecule has 0 aromatic rings. The van der Waals surface area contributed by atoms with Crippen LogP contribution in [0, 0.1) is 0 Å². The van der Waals surface area contributed by atoms with Crippen LogP contribution >= 0.6 is 11.8 Å². The Morgan fingerprint density at radius 3 is 2.78 bits per heavy atom. The molecule has 1 atom stereocenters. The molecule has 2 N–H and O–H groups in total. The van der Waals surface area contributed by atoms with Gasteiger partial charge in [0.1, 0.15) is 0 Å². The molecule has 2 heterocycles. The second kappa shape index (κ2) is 7.36. The van der Waals surface area contributed by atoms with Crippen LogP contribution in [-0.4, -0.2) is 59.2 Å². The van der Waals surface area contributed by atoms with E-state index < -0.39 is 0 Å². The van der Waals surface area contributed by atoms with E-state index in [2.05, 4.69) is 5.32 Å². The molecular formula is C13H24N2O2S. The van der Waals surface area contributed by atoms with Crippen LogP contribution in [0.2, 0.25) is 0 Å². The summed E-state index contributed by atoms with van der Waals surface area (Å²) >= 11 is 1.80. The van der Waals surface area contributed by atoms with E-state index in [1.807, 2.05) is 4.90 Å². The second-order valence-electron chi connectivity index (χ2n) is 5.18. The summed E-state index contributed by atoms with van der Waals surface area (Å²) in [7, 11) is 0. The molecule has 1 amide bonds. The van der Waals surface area contributed by atoms with Crippen LogP contribution in [0.3, 0.4) is 0 Å². The number of aliphatic hydroxyl groups is 1. The third kappa shape index (κ3) is 3.87. The number of amides is 1. The van der Waals surface area contributed by atoms with E-state index in [0.29, 0.717) is 11.0 Å². The average Bonchev–Trinajstić information content (AvgIpc) is 2.45. The third-order valence-electron chi connectivity index (χ3n) is 3.89. The molecule has 0 aliphatic carbocycles. The molecule has 18 heavy (non-hydrogen) atoms. The Balaban J connectivity index is 1.75. The van der Waals surface area contributed by atoms with Crippen molar-refractivity contribution in [2.45, 2.75) is 43.4 Å². The molecular weight excluding hydrogens is 248 g/mol. The smallest absolute Gasteiger partial charge is 0.232 e. The molecule has 2 saturated heterocycles. The van der Waals surface area contributed by atoms with Gasteiger partial charge in [0, 0.05) is 11.8 Å². The Kier molecular flexibility index (Phi) is 5.79. The van der Waals surface area contributed by atoms with Crippen molar-refractivity contribution in [3.8, 4) is 0 Å². The maximum atomic E-state index is 12.2. The molecule has 0 bridgehead atoms. The highest BCUT2D eigenvalue weighted by Crippen LogP contribution is 2.23. The number of thioether (sulfide) groups is 1. The number of piperidine rings is 2. The summed E-state index contributed by atoms with van der Waals surface area (Å²) in [6.07, 6.45) is 5.51. The number of aliphatic hydroxyl groups excluding tert-OH is 1. The van der Waals surface area contributed by atoms with Crippen LogP contribution in [0.5, 0.6) is 0 Å². The number of nitrogens with zero attached hydrogens (tertiary/aromatic N) is 1. The fourth-order valence-electron chi connectivity index (χ4n) is 2.75. The summed E-state index contributed by atoms with van der Waals surface area (Å²) in [6.45, 7) is 3.10. The van der Waals surface area contributed by atoms with E-state index in [1.165, 1.54) is 12.8 Å². The standard InChI is InChI=1S/C13H24N2O2S/c16-9-11-3-1-2-8-15(11)13(17)10-18-12-4-6-14-7-5-12/h11-12,14,16H,1-10H2. The first-order chi connectivity index (χ1) is 8.81. The van der Waals surface area contributed by atoms with Crippen molar-refractivity contribution in [3.05, 3.63) is 0 Å². The van der Waals surface area contributed by atoms with Crippen LogP contribution in [0.25, 0.3) is 0 Å². The lowest BCUT2D eigenvalue weighted by Gasteiger charge is -2.35. The molecule has 0 saturated carbocycles. The second-order valence-corrected chi connectivity index (χ2v) is 6.47. The minimum Gasteiger partial charge on any atom is -0.394 e. The molecule has 2 rings (SSSR count). The van der Waals surface area contributed by atoms with Gasteiger partial charge < -0.3 is 15.3 Å². The number of likely N-dealkylation sites (tertiary alicyclic amines) is 1. The van der Waals surface area contributed by atoms with Crippen LogP contribution in [0.1, 0.15) is 32.1 Å². The molecule has 2 fully saturated rings. The zero-order valence-electron chi connectivity index (χ0n) is 10.9. The zero-order chi connectivity index (χ0) is 12.8. The van der Waals surface area contributed by atoms with Crippen LogP contribution in [-0.2, 0) is 4.79 Å². The van der Waals surface area contributed by atoms with Crippen molar-refractivity contribution in [2.24, 2.45) is 0 Å². The monoisotopic (exact) mass is 272 g/mol. The topological polar surface area (TPSA) is 52.6 Å². The minimum absolute atomic E-state index is 0.0693. The lowest BCUT2D eigenvalue weighted by atomic mass is 10.0. The first-order valence-corrected chi connectivity index (χ1v) is 8.09. The fraction of sp³-hybridized carbons (Fsp3) is 0.923. The largest absolute Gasteiger partial charge is 0.394 e. The van der Waals surface area contributed by atoms with Gasteiger partial charge in [-0.2, -0.15) is 0 Å². The minimum atomic E-state index is 0.0693. The highest BCUT2D eigenvalue weighted by atomic mass is 32.2. The molecule has 0 aromatic carbocycles. The molecule has 2 aliphatic rings. The van der Waals surface area contributed by atoms with Crippen molar-refractivity contribution in [2.75, 3.05) is 32.0 Å². The number of hydrogen-bond acceptors (Lipinski definition) is 4. The lowest BCUT2D eigenvalue weighted by Crippen LogP contribution is -2.46. The molecule has 0 radical (unpaired) electrons. The summed E-state index contributed by atoms with van der Waals surface area (Å²) < 4.78 is 0. The van der Waals surface area contributed by atoms with Gasteiger partial charge in [0.05, 0.1) is 18.4 Å². The Labute approximate surface area is 113 Å². The van der Waals surface area contributed by atoms with E-state index >= 15 is 0 Å². The molecule has 2 aliphatic heterocycles. The number of rotatable bonds is 4. The van der Waals surface area contributed by atoms with Gasteiger partial charge in [-0.05, 0) is 45.2 Å². The Morgan fingerprint density at radius 1 is 1.28 bits per heavy atom. The first kappa shape index (κ1) is 14.2. The normalized spacial score (nSPS) is 26.3. The summed E-state index contributed by atoms with van der Waals surface area (Å²) in [5, 5.41) is 13.3. The molecule has 104 valence electrons. The lowest BCUT2D eigenvalue weighted by molar-refractivity contribution is -0.133. The highest BCUT2D eigenvalue weighted by molar-refractivity contribution is 8.00. The van der Waals surface area contributed by atoms with E-state index in [4.69, 9.17) is 0 Å². The predicted octanol–water partition coefficient (Wildman–Crippen LogP) is 0.845. The highest BCUT2D eigenvalue weighted by Gasteiger charge is 2.26.